The summed E-state index contributed by atoms with van der Waals surface area (Å²) in [6, 6.07) is 2.83. The van der Waals surface area contributed by atoms with E-state index < -0.39 is 0 Å². The van der Waals surface area contributed by atoms with Crippen LogP contribution in [0.1, 0.15) is 70.8 Å². The van der Waals surface area contributed by atoms with Gasteiger partial charge in [-0.05, 0) is 113 Å². The van der Waals surface area contributed by atoms with Gasteiger partial charge in [0.25, 0.3) is 0 Å². The first-order valence-electron chi connectivity index (χ1n) is 12.8. The van der Waals surface area contributed by atoms with Gasteiger partial charge in [0, 0.05) is 19.1 Å². The van der Waals surface area contributed by atoms with Crippen LogP contribution in [0.25, 0.3) is 0 Å². The highest BCUT2D eigenvalue weighted by Gasteiger charge is 2.25. The molecule has 3 rings (SSSR count). The number of allylic oxidation sites excluding steroid dienone is 3. The molecule has 32 heavy (non-hydrogen) atoms. The number of rotatable bonds is 12. The first-order chi connectivity index (χ1) is 15.7. The van der Waals surface area contributed by atoms with Crippen molar-refractivity contribution in [3.63, 3.8) is 0 Å². The smallest absolute Gasteiger partial charge is 0.115 e. The molecule has 2 aliphatic rings. The molecule has 1 unspecified atom stereocenters. The predicted octanol–water partition coefficient (Wildman–Crippen LogP) is 6.83. The van der Waals surface area contributed by atoms with Crippen LogP contribution in [-0.4, -0.2) is 55.2 Å². The van der Waals surface area contributed by atoms with E-state index in [1.165, 1.54) is 69.3 Å². The lowest BCUT2D eigenvalue weighted by Gasteiger charge is -2.38. The topological polar surface area (TPSA) is 15.7 Å². The fourth-order valence-electron chi connectivity index (χ4n) is 5.11. The summed E-state index contributed by atoms with van der Waals surface area (Å²) < 4.78 is 6.10. The molecule has 0 aromatic carbocycles. The van der Waals surface area contributed by atoms with Crippen LogP contribution in [0.2, 0.25) is 0 Å². The summed E-state index contributed by atoms with van der Waals surface area (Å²) >= 11 is 1.81. The normalized spacial score (nSPS) is 20.8. The Balaban J connectivity index is 1.51. The fraction of sp³-hybridized carbons (Fsp3) is 0.643. The van der Waals surface area contributed by atoms with Gasteiger partial charge in [0.05, 0.1) is 6.61 Å². The van der Waals surface area contributed by atoms with Gasteiger partial charge in [-0.15, -0.1) is 0 Å². The molecule has 3 heterocycles. The standard InChI is InChI=1S/C28H44N2OS/c1-4-26(31-21-10-18-29-16-7-5-8-17-29)12-13-27(24(2)3)28-11-6-9-19-30(28)20-14-25-15-22-32-23-25/h4,12,15,22-23,28H,1,5-11,13-14,16-21H2,2-3H3/b26-12+. The number of hydrogen-bond donors (Lipinski definition) is 0. The summed E-state index contributed by atoms with van der Waals surface area (Å²) in [5.74, 6) is 0.947. The quantitative estimate of drug-likeness (QED) is 0.148. The van der Waals surface area contributed by atoms with Crippen molar-refractivity contribution < 1.29 is 4.74 Å². The average Bonchev–Trinajstić information content (AvgIpc) is 3.34. The number of ether oxygens (including phenoxy) is 1. The van der Waals surface area contributed by atoms with Crippen molar-refractivity contribution >= 4 is 11.3 Å². The lowest BCUT2D eigenvalue weighted by molar-refractivity contribution is 0.170. The third kappa shape index (κ3) is 8.20. The molecule has 1 atom stereocenters. The molecule has 2 fully saturated rings. The number of likely N-dealkylation sites (tertiary alicyclic amines) is 2. The molecule has 0 amide bonds. The van der Waals surface area contributed by atoms with Gasteiger partial charge < -0.3 is 9.64 Å². The SMILES string of the molecule is C=C/C(=C\CC(=C(C)C)C1CCCCN1CCc1ccsc1)OCCCN1CCCCC1. The van der Waals surface area contributed by atoms with Gasteiger partial charge in [-0.3, -0.25) is 4.90 Å². The molecule has 0 spiro atoms. The van der Waals surface area contributed by atoms with Gasteiger partial charge in [-0.2, -0.15) is 11.3 Å². The third-order valence-electron chi connectivity index (χ3n) is 6.99. The Morgan fingerprint density at radius 3 is 2.66 bits per heavy atom. The van der Waals surface area contributed by atoms with E-state index >= 15 is 0 Å². The molecule has 0 N–H and O–H groups in total. The van der Waals surface area contributed by atoms with Gasteiger partial charge in [0.15, 0.2) is 0 Å². The van der Waals surface area contributed by atoms with Crippen LogP contribution in [-0.2, 0) is 11.2 Å². The van der Waals surface area contributed by atoms with Crippen LogP contribution >= 0.6 is 11.3 Å². The summed E-state index contributed by atoms with van der Waals surface area (Å²) in [6.45, 7) is 15.4. The fourth-order valence-corrected chi connectivity index (χ4v) is 5.81. The monoisotopic (exact) mass is 456 g/mol. The van der Waals surface area contributed by atoms with E-state index in [-0.39, 0.29) is 0 Å². The van der Waals surface area contributed by atoms with Crippen molar-refractivity contribution in [2.75, 3.05) is 39.3 Å². The lowest BCUT2D eigenvalue weighted by atomic mass is 9.90. The Morgan fingerprint density at radius 1 is 1.12 bits per heavy atom. The molecular formula is C28H44N2OS. The molecule has 0 aliphatic carbocycles. The van der Waals surface area contributed by atoms with Crippen molar-refractivity contribution in [2.45, 2.75) is 77.7 Å². The Bertz CT molecular complexity index is 727. The summed E-state index contributed by atoms with van der Waals surface area (Å²) in [6.07, 6.45) is 15.4. The molecule has 4 heteroatoms. The zero-order valence-corrected chi connectivity index (χ0v) is 21.3. The second kappa shape index (κ2) is 14.0. The maximum Gasteiger partial charge on any atom is 0.115 e. The van der Waals surface area contributed by atoms with Crippen molar-refractivity contribution in [1.82, 2.24) is 9.80 Å². The van der Waals surface area contributed by atoms with Crippen molar-refractivity contribution in [1.29, 1.82) is 0 Å². The summed E-state index contributed by atoms with van der Waals surface area (Å²) in [7, 11) is 0. The zero-order chi connectivity index (χ0) is 22.6. The second-order valence-corrected chi connectivity index (χ2v) is 10.4. The van der Waals surface area contributed by atoms with Gasteiger partial charge >= 0.3 is 0 Å². The van der Waals surface area contributed by atoms with E-state index in [0.717, 1.165) is 44.7 Å². The minimum absolute atomic E-state index is 0.564. The van der Waals surface area contributed by atoms with E-state index in [4.69, 9.17) is 4.74 Å². The first-order valence-corrected chi connectivity index (χ1v) is 13.7. The Morgan fingerprint density at radius 2 is 1.94 bits per heavy atom. The molecule has 1 aromatic heterocycles. The van der Waals surface area contributed by atoms with E-state index in [0.29, 0.717) is 6.04 Å². The van der Waals surface area contributed by atoms with E-state index in [1.807, 2.05) is 6.08 Å². The average molecular weight is 457 g/mol. The van der Waals surface area contributed by atoms with Crippen molar-refractivity contribution in [3.05, 3.63) is 58.0 Å². The molecule has 0 bridgehead atoms. The third-order valence-corrected chi connectivity index (χ3v) is 7.72. The number of hydrogen-bond acceptors (Lipinski definition) is 4. The Labute approximate surface area is 200 Å². The minimum atomic E-state index is 0.564. The van der Waals surface area contributed by atoms with Crippen molar-refractivity contribution in [2.24, 2.45) is 0 Å². The highest BCUT2D eigenvalue weighted by atomic mass is 32.1. The van der Waals surface area contributed by atoms with Gasteiger partial charge in [-0.25, -0.2) is 0 Å². The highest BCUT2D eigenvalue weighted by molar-refractivity contribution is 7.07. The molecule has 1 aromatic rings. The number of piperidine rings is 2. The number of thiophene rings is 1. The summed E-state index contributed by atoms with van der Waals surface area (Å²) in [4.78, 5) is 5.31. The second-order valence-electron chi connectivity index (χ2n) is 9.57. The molecular weight excluding hydrogens is 412 g/mol. The van der Waals surface area contributed by atoms with Gasteiger partial charge in [0.1, 0.15) is 5.76 Å². The van der Waals surface area contributed by atoms with Crippen LogP contribution in [0, 0.1) is 0 Å². The first kappa shape index (κ1) is 25.3. The van der Waals surface area contributed by atoms with Crippen LogP contribution in [0.4, 0.5) is 0 Å². The van der Waals surface area contributed by atoms with Crippen LogP contribution in [0.15, 0.2) is 52.5 Å². The van der Waals surface area contributed by atoms with Crippen molar-refractivity contribution in [3.8, 4) is 0 Å². The predicted molar refractivity (Wildman–Crippen MR) is 139 cm³/mol. The largest absolute Gasteiger partial charge is 0.494 e. The van der Waals surface area contributed by atoms with Crippen LogP contribution in [0.3, 0.4) is 0 Å². The van der Waals surface area contributed by atoms with E-state index in [1.54, 1.807) is 16.9 Å². The number of nitrogens with zero attached hydrogens (tertiary/aromatic N) is 2. The van der Waals surface area contributed by atoms with Crippen LogP contribution < -0.4 is 0 Å². The van der Waals surface area contributed by atoms with Gasteiger partial charge in [0.2, 0.25) is 0 Å². The summed E-state index contributed by atoms with van der Waals surface area (Å²) in [5, 5.41) is 4.49. The summed E-state index contributed by atoms with van der Waals surface area (Å²) in [5.41, 5.74) is 4.51. The van der Waals surface area contributed by atoms with Gasteiger partial charge in [-0.1, -0.05) is 30.6 Å². The minimum Gasteiger partial charge on any atom is -0.494 e. The zero-order valence-electron chi connectivity index (χ0n) is 20.5. The molecule has 0 saturated carbocycles. The highest BCUT2D eigenvalue weighted by Crippen LogP contribution is 2.28. The maximum absolute atomic E-state index is 6.10. The Kier molecular flexibility index (Phi) is 11.1. The lowest BCUT2D eigenvalue weighted by Crippen LogP contribution is -2.42. The van der Waals surface area contributed by atoms with E-state index in [9.17, 15) is 0 Å². The molecule has 178 valence electrons. The maximum atomic E-state index is 6.10. The molecule has 2 aliphatic heterocycles. The van der Waals surface area contributed by atoms with E-state index in [2.05, 4.69) is 53.1 Å². The Hall–Kier alpha value is -1.36. The molecule has 2 saturated heterocycles. The van der Waals surface area contributed by atoms with Crippen LogP contribution in [0.5, 0.6) is 0 Å². The molecule has 0 radical (unpaired) electrons. The molecule has 3 nitrogen and oxygen atoms in total.